The molecular formula is C11H22N4O2. The summed E-state index contributed by atoms with van der Waals surface area (Å²) in [5.74, 6) is -0.210. The van der Waals surface area contributed by atoms with Gasteiger partial charge in [0, 0.05) is 45.8 Å². The standard InChI is InChI=1S/C11H22N4O2/c12-11(16)10(15-3-1-13-2-4-15)9-14-5-7-17-8-6-14/h10,13H,1-9H2,(H2,12,16). The van der Waals surface area contributed by atoms with Gasteiger partial charge in [-0.25, -0.2) is 0 Å². The third-order valence-electron chi connectivity index (χ3n) is 3.46. The number of hydrogen-bond acceptors (Lipinski definition) is 5. The number of nitrogens with two attached hydrogens (primary N) is 1. The summed E-state index contributed by atoms with van der Waals surface area (Å²) in [6.45, 7) is 7.72. The number of carbonyl (C=O) groups is 1. The molecule has 0 spiro atoms. The summed E-state index contributed by atoms with van der Waals surface area (Å²) in [5, 5.41) is 3.28. The van der Waals surface area contributed by atoms with Gasteiger partial charge in [0.2, 0.25) is 5.91 Å². The second kappa shape index (κ2) is 6.30. The van der Waals surface area contributed by atoms with Crippen LogP contribution in [-0.4, -0.2) is 80.8 Å². The number of amides is 1. The molecule has 2 aliphatic rings. The van der Waals surface area contributed by atoms with E-state index in [-0.39, 0.29) is 11.9 Å². The number of ether oxygens (including phenoxy) is 1. The maximum Gasteiger partial charge on any atom is 0.236 e. The van der Waals surface area contributed by atoms with E-state index in [1.165, 1.54) is 0 Å². The van der Waals surface area contributed by atoms with Crippen molar-refractivity contribution >= 4 is 5.91 Å². The van der Waals surface area contributed by atoms with Gasteiger partial charge < -0.3 is 15.8 Å². The molecule has 2 aliphatic heterocycles. The van der Waals surface area contributed by atoms with Crippen molar-refractivity contribution < 1.29 is 9.53 Å². The van der Waals surface area contributed by atoms with E-state index in [4.69, 9.17) is 10.5 Å². The molecule has 2 saturated heterocycles. The molecule has 6 nitrogen and oxygen atoms in total. The van der Waals surface area contributed by atoms with E-state index in [1.807, 2.05) is 0 Å². The molecule has 17 heavy (non-hydrogen) atoms. The summed E-state index contributed by atoms with van der Waals surface area (Å²) < 4.78 is 5.31. The average Bonchev–Trinajstić information content (AvgIpc) is 2.38. The van der Waals surface area contributed by atoms with Crippen LogP contribution in [0.1, 0.15) is 0 Å². The molecule has 0 aliphatic carbocycles. The summed E-state index contributed by atoms with van der Waals surface area (Å²) in [5.41, 5.74) is 5.53. The van der Waals surface area contributed by atoms with Gasteiger partial charge in [0.05, 0.1) is 13.2 Å². The highest BCUT2D eigenvalue weighted by atomic mass is 16.5. The number of nitrogens with zero attached hydrogens (tertiary/aromatic N) is 2. The number of nitrogens with one attached hydrogen (secondary N) is 1. The largest absolute Gasteiger partial charge is 0.379 e. The minimum Gasteiger partial charge on any atom is -0.379 e. The SMILES string of the molecule is NC(=O)C(CN1CCOCC1)N1CCNCC1. The van der Waals surface area contributed by atoms with Crippen LogP contribution < -0.4 is 11.1 Å². The van der Waals surface area contributed by atoms with Crippen LogP contribution in [0.2, 0.25) is 0 Å². The molecule has 1 atom stereocenters. The second-order valence-electron chi connectivity index (χ2n) is 4.62. The molecule has 0 saturated carbocycles. The molecule has 1 amide bonds. The number of hydrogen-bond donors (Lipinski definition) is 2. The third-order valence-corrected chi connectivity index (χ3v) is 3.46. The Balaban J connectivity index is 1.88. The zero-order valence-electron chi connectivity index (χ0n) is 10.2. The minimum atomic E-state index is -0.210. The summed E-state index contributed by atoms with van der Waals surface area (Å²) in [4.78, 5) is 16.0. The summed E-state index contributed by atoms with van der Waals surface area (Å²) in [7, 11) is 0. The van der Waals surface area contributed by atoms with Crippen molar-refractivity contribution in [2.75, 3.05) is 59.0 Å². The van der Waals surface area contributed by atoms with Gasteiger partial charge >= 0.3 is 0 Å². The van der Waals surface area contributed by atoms with E-state index in [2.05, 4.69) is 15.1 Å². The lowest BCUT2D eigenvalue weighted by Gasteiger charge is -2.37. The quantitative estimate of drug-likeness (QED) is 0.601. The molecule has 1 unspecified atom stereocenters. The summed E-state index contributed by atoms with van der Waals surface area (Å²) in [6.07, 6.45) is 0. The van der Waals surface area contributed by atoms with Crippen molar-refractivity contribution in [3.05, 3.63) is 0 Å². The highest BCUT2D eigenvalue weighted by Crippen LogP contribution is 2.06. The van der Waals surface area contributed by atoms with Gasteiger partial charge in [-0.15, -0.1) is 0 Å². The lowest BCUT2D eigenvalue weighted by atomic mass is 10.2. The number of piperazine rings is 1. The first-order valence-corrected chi connectivity index (χ1v) is 6.31. The van der Waals surface area contributed by atoms with Gasteiger partial charge in [-0.2, -0.15) is 0 Å². The predicted octanol–water partition coefficient (Wildman–Crippen LogP) is -1.92. The van der Waals surface area contributed by atoms with Crippen molar-refractivity contribution in [3.63, 3.8) is 0 Å². The monoisotopic (exact) mass is 242 g/mol. The highest BCUT2D eigenvalue weighted by Gasteiger charge is 2.27. The van der Waals surface area contributed by atoms with E-state index >= 15 is 0 Å². The first kappa shape index (κ1) is 12.8. The first-order valence-electron chi connectivity index (χ1n) is 6.31. The highest BCUT2D eigenvalue weighted by molar-refractivity contribution is 5.80. The van der Waals surface area contributed by atoms with Crippen LogP contribution in [0.25, 0.3) is 0 Å². The topological polar surface area (TPSA) is 70.8 Å². The number of carbonyl (C=O) groups excluding carboxylic acids is 1. The number of rotatable bonds is 4. The Hall–Kier alpha value is -0.690. The Kier molecular flexibility index (Phi) is 4.73. The third kappa shape index (κ3) is 3.64. The van der Waals surface area contributed by atoms with E-state index in [9.17, 15) is 4.79 Å². The molecule has 3 N–H and O–H groups in total. The van der Waals surface area contributed by atoms with Crippen LogP contribution in [0.3, 0.4) is 0 Å². The Bertz CT molecular complexity index is 250. The van der Waals surface area contributed by atoms with Crippen LogP contribution >= 0.6 is 0 Å². The zero-order valence-corrected chi connectivity index (χ0v) is 10.2. The van der Waals surface area contributed by atoms with Crippen LogP contribution in [0, 0.1) is 0 Å². The van der Waals surface area contributed by atoms with E-state index in [0.717, 1.165) is 59.0 Å². The molecule has 0 aromatic heterocycles. The van der Waals surface area contributed by atoms with Crippen molar-refractivity contribution in [1.82, 2.24) is 15.1 Å². The van der Waals surface area contributed by atoms with Crippen molar-refractivity contribution in [2.45, 2.75) is 6.04 Å². The fraction of sp³-hybridized carbons (Fsp3) is 0.909. The van der Waals surface area contributed by atoms with Gasteiger partial charge in [-0.05, 0) is 0 Å². The number of primary amides is 1. The van der Waals surface area contributed by atoms with Gasteiger partial charge in [-0.1, -0.05) is 0 Å². The lowest BCUT2D eigenvalue weighted by Crippen LogP contribution is -2.57. The normalized spacial score (nSPS) is 25.6. The smallest absolute Gasteiger partial charge is 0.236 e. The minimum absolute atomic E-state index is 0.157. The van der Waals surface area contributed by atoms with Crippen molar-refractivity contribution in [1.29, 1.82) is 0 Å². The fourth-order valence-electron chi connectivity index (χ4n) is 2.41. The molecule has 6 heteroatoms. The summed E-state index contributed by atoms with van der Waals surface area (Å²) in [6, 6.07) is -0.157. The molecular weight excluding hydrogens is 220 g/mol. The zero-order chi connectivity index (χ0) is 12.1. The molecule has 0 radical (unpaired) electrons. The molecule has 2 fully saturated rings. The maximum atomic E-state index is 11.6. The van der Waals surface area contributed by atoms with E-state index < -0.39 is 0 Å². The second-order valence-corrected chi connectivity index (χ2v) is 4.62. The Morgan fingerprint density at radius 2 is 1.88 bits per heavy atom. The van der Waals surface area contributed by atoms with Gasteiger partial charge in [0.1, 0.15) is 6.04 Å². The molecule has 0 aromatic rings. The fourth-order valence-corrected chi connectivity index (χ4v) is 2.41. The first-order chi connectivity index (χ1) is 8.27. The molecule has 2 rings (SSSR count). The predicted molar refractivity (Wildman–Crippen MR) is 64.7 cm³/mol. The Morgan fingerprint density at radius 3 is 2.47 bits per heavy atom. The van der Waals surface area contributed by atoms with Crippen LogP contribution in [0.5, 0.6) is 0 Å². The summed E-state index contributed by atoms with van der Waals surface area (Å²) >= 11 is 0. The van der Waals surface area contributed by atoms with Crippen LogP contribution in [-0.2, 0) is 9.53 Å². The molecule has 0 aromatic carbocycles. The van der Waals surface area contributed by atoms with E-state index in [1.54, 1.807) is 0 Å². The maximum absolute atomic E-state index is 11.6. The van der Waals surface area contributed by atoms with Gasteiger partial charge in [-0.3, -0.25) is 14.6 Å². The van der Waals surface area contributed by atoms with Crippen molar-refractivity contribution in [2.24, 2.45) is 5.73 Å². The number of morpholine rings is 1. The molecule has 98 valence electrons. The lowest BCUT2D eigenvalue weighted by molar-refractivity contribution is -0.124. The molecule has 2 heterocycles. The van der Waals surface area contributed by atoms with Gasteiger partial charge in [0.25, 0.3) is 0 Å². The average molecular weight is 242 g/mol. The van der Waals surface area contributed by atoms with Gasteiger partial charge in [0.15, 0.2) is 0 Å². The van der Waals surface area contributed by atoms with Crippen molar-refractivity contribution in [3.8, 4) is 0 Å². The van der Waals surface area contributed by atoms with E-state index in [0.29, 0.717) is 0 Å². The Morgan fingerprint density at radius 1 is 1.24 bits per heavy atom. The van der Waals surface area contributed by atoms with Crippen LogP contribution in [0.4, 0.5) is 0 Å². The Labute approximate surface area is 102 Å². The molecule has 0 bridgehead atoms. The van der Waals surface area contributed by atoms with Crippen LogP contribution in [0.15, 0.2) is 0 Å².